The summed E-state index contributed by atoms with van der Waals surface area (Å²) in [6.07, 6.45) is 3.52. The summed E-state index contributed by atoms with van der Waals surface area (Å²) in [5.41, 5.74) is 2.78. The number of thioether (sulfide) groups is 1. The molecule has 8 aromatic rings. The van der Waals surface area contributed by atoms with Crippen molar-refractivity contribution in [2.45, 2.75) is 11.7 Å². The average molecular weight is 513 g/mol. The van der Waals surface area contributed by atoms with Gasteiger partial charge in [0.05, 0.1) is 0 Å². The van der Waals surface area contributed by atoms with E-state index in [4.69, 9.17) is 0 Å². The lowest BCUT2D eigenvalue weighted by Crippen LogP contribution is -1.91. The smallest absolute Gasteiger partial charge is 0.0379 e. The Labute approximate surface area is 230 Å². The fourth-order valence-electron chi connectivity index (χ4n) is 6.92. The predicted octanol–water partition coefficient (Wildman–Crippen LogP) is 11.3. The van der Waals surface area contributed by atoms with Crippen molar-refractivity contribution in [1.29, 1.82) is 0 Å². The molecule has 0 nitrogen and oxygen atoms in total. The molecule has 0 bridgehead atoms. The molecule has 0 radical (unpaired) electrons. The van der Waals surface area contributed by atoms with Gasteiger partial charge in [-0.3, -0.25) is 0 Å². The van der Waals surface area contributed by atoms with E-state index in [0.29, 0.717) is 5.25 Å². The summed E-state index contributed by atoms with van der Waals surface area (Å²) in [5, 5.41) is 16.6. The SMILES string of the molecule is C1=C(c2ccc3ccc4cccc5ccc2c3c45)SC(c2ccc3c4ccccc4c4ccccc4c3c2)C1. The minimum atomic E-state index is 0.424. The average Bonchev–Trinajstić information content (AvgIpc) is 3.50. The first-order valence-corrected chi connectivity index (χ1v) is 14.6. The lowest BCUT2D eigenvalue weighted by molar-refractivity contribution is 0.994. The third-order valence-corrected chi connectivity index (χ3v) is 10.1. The van der Waals surface area contributed by atoms with E-state index < -0.39 is 0 Å². The van der Waals surface area contributed by atoms with Gasteiger partial charge in [0.2, 0.25) is 0 Å². The van der Waals surface area contributed by atoms with Gasteiger partial charge in [0.25, 0.3) is 0 Å². The number of rotatable bonds is 2. The molecule has 1 heteroatoms. The quantitative estimate of drug-likeness (QED) is 0.208. The lowest BCUT2D eigenvalue weighted by atomic mass is 9.91. The molecule has 0 N–H and O–H groups in total. The van der Waals surface area contributed by atoms with Crippen LogP contribution in [-0.2, 0) is 0 Å². The van der Waals surface area contributed by atoms with Gasteiger partial charge in [0, 0.05) is 10.2 Å². The molecule has 0 spiro atoms. The van der Waals surface area contributed by atoms with Crippen molar-refractivity contribution in [2.75, 3.05) is 0 Å². The molecule has 0 saturated carbocycles. The van der Waals surface area contributed by atoms with Gasteiger partial charge in [0.1, 0.15) is 0 Å². The van der Waals surface area contributed by atoms with E-state index in [1.54, 1.807) is 0 Å². The van der Waals surface area contributed by atoms with Crippen molar-refractivity contribution in [3.8, 4) is 0 Å². The van der Waals surface area contributed by atoms with Gasteiger partial charge in [-0.25, -0.2) is 0 Å². The van der Waals surface area contributed by atoms with Crippen LogP contribution in [0.2, 0.25) is 0 Å². The third kappa shape index (κ3) is 3.08. The summed E-state index contributed by atoms with van der Waals surface area (Å²) in [4.78, 5) is 1.40. The Bertz CT molecular complexity index is 2240. The van der Waals surface area contributed by atoms with Crippen LogP contribution in [0.4, 0.5) is 0 Å². The van der Waals surface area contributed by atoms with Crippen molar-refractivity contribution in [1.82, 2.24) is 0 Å². The standard InChI is InChI=1S/C38H24S/c1-2-10-29-27(8-1)28-9-3-4-11-30(28)34-22-26(16-17-31(29)34)35-20-21-36(39-35)32-18-14-25-13-12-23-6-5-7-24-15-19-33(32)38(25)37(23)24/h1-19,21-22,35H,20H2. The van der Waals surface area contributed by atoms with E-state index in [2.05, 4.69) is 127 Å². The second kappa shape index (κ2) is 8.09. The topological polar surface area (TPSA) is 0 Å². The number of benzene rings is 8. The molecule has 0 aromatic heterocycles. The van der Waals surface area contributed by atoms with Crippen molar-refractivity contribution in [3.05, 3.63) is 139 Å². The van der Waals surface area contributed by atoms with Crippen LogP contribution in [0, 0.1) is 0 Å². The molecule has 1 atom stereocenters. The minimum Gasteiger partial charge on any atom is -0.117 e. The highest BCUT2D eigenvalue weighted by Crippen LogP contribution is 2.51. The highest BCUT2D eigenvalue weighted by molar-refractivity contribution is 8.08. The molecule has 1 aliphatic heterocycles. The van der Waals surface area contributed by atoms with Crippen molar-refractivity contribution < 1.29 is 0 Å². The van der Waals surface area contributed by atoms with Crippen molar-refractivity contribution in [3.63, 3.8) is 0 Å². The molecule has 0 aliphatic carbocycles. The Morgan fingerprint density at radius 2 is 1.03 bits per heavy atom. The van der Waals surface area contributed by atoms with Gasteiger partial charge in [-0.2, -0.15) is 0 Å². The molecule has 182 valence electrons. The van der Waals surface area contributed by atoms with Crippen LogP contribution in [-0.4, -0.2) is 0 Å². The zero-order chi connectivity index (χ0) is 25.5. The maximum atomic E-state index is 2.46. The van der Waals surface area contributed by atoms with E-state index in [0.717, 1.165) is 6.42 Å². The summed E-state index contributed by atoms with van der Waals surface area (Å²) in [7, 11) is 0. The molecule has 1 aliphatic rings. The monoisotopic (exact) mass is 512 g/mol. The molecule has 8 aromatic carbocycles. The molecule has 0 amide bonds. The van der Waals surface area contributed by atoms with Gasteiger partial charge in [0.15, 0.2) is 0 Å². The van der Waals surface area contributed by atoms with Gasteiger partial charge in [-0.1, -0.05) is 121 Å². The van der Waals surface area contributed by atoms with Crippen LogP contribution in [0.1, 0.15) is 22.8 Å². The van der Waals surface area contributed by atoms with Crippen LogP contribution >= 0.6 is 11.8 Å². The fraction of sp³-hybridized carbons (Fsp3) is 0.0526. The molecular weight excluding hydrogens is 488 g/mol. The molecule has 1 unspecified atom stereocenters. The van der Waals surface area contributed by atoms with E-state index in [1.807, 2.05) is 11.8 Å². The highest BCUT2D eigenvalue weighted by atomic mass is 32.2. The van der Waals surface area contributed by atoms with Crippen molar-refractivity contribution >= 4 is 81.3 Å². The zero-order valence-electron chi connectivity index (χ0n) is 21.3. The van der Waals surface area contributed by atoms with Crippen LogP contribution in [0.15, 0.2) is 127 Å². The fourth-order valence-corrected chi connectivity index (χ4v) is 8.20. The van der Waals surface area contributed by atoms with Crippen LogP contribution in [0.5, 0.6) is 0 Å². The molecule has 0 saturated heterocycles. The zero-order valence-corrected chi connectivity index (χ0v) is 22.1. The third-order valence-electron chi connectivity index (χ3n) is 8.72. The highest BCUT2D eigenvalue weighted by Gasteiger charge is 2.23. The number of allylic oxidation sites excluding steroid dienone is 1. The van der Waals surface area contributed by atoms with E-state index in [9.17, 15) is 0 Å². The Morgan fingerprint density at radius 1 is 0.462 bits per heavy atom. The number of hydrogen-bond acceptors (Lipinski definition) is 1. The van der Waals surface area contributed by atoms with Gasteiger partial charge < -0.3 is 0 Å². The largest absolute Gasteiger partial charge is 0.117 e. The van der Waals surface area contributed by atoms with Gasteiger partial charge in [-0.15, -0.1) is 11.8 Å². The van der Waals surface area contributed by atoms with Gasteiger partial charge in [-0.05, 0) is 88.2 Å². The Balaban J connectivity index is 1.16. The van der Waals surface area contributed by atoms with E-state index >= 15 is 0 Å². The normalized spacial score (nSPS) is 15.9. The number of fused-ring (bicyclic) bond motifs is 6. The Hall–Kier alpha value is -4.33. The minimum absolute atomic E-state index is 0.424. The second-order valence-electron chi connectivity index (χ2n) is 10.8. The lowest BCUT2D eigenvalue weighted by Gasteiger charge is -2.16. The second-order valence-corrected chi connectivity index (χ2v) is 12.0. The molecule has 0 fully saturated rings. The van der Waals surface area contributed by atoms with E-state index in [-0.39, 0.29) is 0 Å². The predicted molar refractivity (Wildman–Crippen MR) is 172 cm³/mol. The maximum absolute atomic E-state index is 2.46. The Morgan fingerprint density at radius 3 is 1.74 bits per heavy atom. The molecule has 9 rings (SSSR count). The van der Waals surface area contributed by atoms with Crippen LogP contribution in [0.3, 0.4) is 0 Å². The van der Waals surface area contributed by atoms with Crippen molar-refractivity contribution in [2.24, 2.45) is 0 Å². The van der Waals surface area contributed by atoms with Gasteiger partial charge >= 0.3 is 0 Å². The van der Waals surface area contributed by atoms with E-state index in [1.165, 1.54) is 80.7 Å². The summed E-state index contributed by atoms with van der Waals surface area (Å²) in [6, 6.07) is 45.3. The summed E-state index contributed by atoms with van der Waals surface area (Å²) >= 11 is 2.03. The van der Waals surface area contributed by atoms with Crippen LogP contribution in [0.25, 0.3) is 69.5 Å². The first kappa shape index (κ1) is 21.6. The molecule has 1 heterocycles. The Kier molecular flexibility index (Phi) is 4.48. The van der Waals surface area contributed by atoms with Crippen LogP contribution < -0.4 is 0 Å². The first-order valence-electron chi connectivity index (χ1n) is 13.7. The molecular formula is C38H24S. The maximum Gasteiger partial charge on any atom is 0.0379 e. The molecule has 39 heavy (non-hydrogen) atoms. The first-order chi connectivity index (χ1) is 19.3. The summed E-state index contributed by atoms with van der Waals surface area (Å²) in [5.74, 6) is 0. The number of hydrogen-bond donors (Lipinski definition) is 0. The summed E-state index contributed by atoms with van der Waals surface area (Å²) < 4.78 is 0. The summed E-state index contributed by atoms with van der Waals surface area (Å²) in [6.45, 7) is 0.